The molecule has 2 N–H and O–H groups in total. The fraction of sp³-hybridized carbons (Fsp3) is 0.588. The summed E-state index contributed by atoms with van der Waals surface area (Å²) in [6, 6.07) is 2.23. The number of hydrogen-bond donors (Lipinski definition) is 2. The highest BCUT2D eigenvalue weighted by atomic mass is 32.1. The first-order valence-electron chi connectivity index (χ1n) is 8.42. The normalized spacial score (nSPS) is 12.8. The highest BCUT2D eigenvalue weighted by Gasteiger charge is 2.23. The monoisotopic (exact) mass is 348 g/mol. The number of nitriles is 1. The summed E-state index contributed by atoms with van der Waals surface area (Å²) >= 11 is 1.53. The molecule has 0 bridgehead atoms. The highest BCUT2D eigenvalue weighted by molar-refractivity contribution is 7.16. The number of nitrogens with zero attached hydrogens (tertiary/aromatic N) is 2. The van der Waals surface area contributed by atoms with Crippen molar-refractivity contribution in [3.05, 3.63) is 16.0 Å². The van der Waals surface area contributed by atoms with Crippen molar-refractivity contribution in [1.29, 1.82) is 5.26 Å². The van der Waals surface area contributed by atoms with Crippen LogP contribution < -0.4 is 10.6 Å². The maximum Gasteiger partial charge on any atom is 0.234 e. The molecule has 0 saturated carbocycles. The Labute approximate surface area is 146 Å². The molecule has 1 aromatic rings. The Hall–Kier alpha value is -1.91. The highest BCUT2D eigenvalue weighted by Crippen LogP contribution is 2.38. The minimum absolute atomic E-state index is 0.0267. The molecule has 2 rings (SSSR count). The maximum absolute atomic E-state index is 12.2. The molecule has 0 unspecified atom stereocenters. The summed E-state index contributed by atoms with van der Waals surface area (Å²) in [5.74, 6) is -0.137. The van der Waals surface area contributed by atoms with E-state index in [1.807, 2.05) is 18.7 Å². The van der Waals surface area contributed by atoms with E-state index in [1.54, 1.807) is 0 Å². The number of rotatable bonds is 8. The number of aryl methyl sites for hydroxylation is 1. The molecular formula is C17H24N4O2S. The van der Waals surface area contributed by atoms with Crippen LogP contribution in [0.15, 0.2) is 0 Å². The van der Waals surface area contributed by atoms with Gasteiger partial charge < -0.3 is 10.6 Å². The third-order valence-corrected chi connectivity index (χ3v) is 5.34. The smallest absolute Gasteiger partial charge is 0.234 e. The van der Waals surface area contributed by atoms with E-state index in [1.165, 1.54) is 16.2 Å². The van der Waals surface area contributed by atoms with E-state index < -0.39 is 0 Å². The number of likely N-dealkylation sites (N-methyl/N-ethyl adjacent to an activating group) is 2. The minimum atomic E-state index is -0.110. The fourth-order valence-corrected chi connectivity index (χ4v) is 4.12. The summed E-state index contributed by atoms with van der Waals surface area (Å²) in [5, 5.41) is 15.7. The molecular weight excluding hydrogens is 324 g/mol. The summed E-state index contributed by atoms with van der Waals surface area (Å²) in [6.45, 7) is 5.99. The molecule has 0 saturated heterocycles. The Balaban J connectivity index is 1.87. The van der Waals surface area contributed by atoms with Crippen LogP contribution in [0.1, 0.15) is 42.7 Å². The van der Waals surface area contributed by atoms with Gasteiger partial charge in [-0.2, -0.15) is 5.26 Å². The van der Waals surface area contributed by atoms with Crippen LogP contribution in [0.3, 0.4) is 0 Å². The first-order valence-corrected chi connectivity index (χ1v) is 9.24. The second-order valence-electron chi connectivity index (χ2n) is 5.79. The van der Waals surface area contributed by atoms with Crippen molar-refractivity contribution in [3.63, 3.8) is 0 Å². The molecule has 24 heavy (non-hydrogen) atoms. The quantitative estimate of drug-likeness (QED) is 0.751. The van der Waals surface area contributed by atoms with Crippen LogP contribution in [-0.2, 0) is 22.4 Å². The standard InChI is InChI=1S/C17H24N4O2S/c1-3-19-16(23)11-21(4-2)9-8-15(22)20-17-13(10-18)12-6-5-7-14(12)24-17/h3-9,11H2,1-2H3,(H,19,23)(H,20,22). The molecule has 7 heteroatoms. The van der Waals surface area contributed by atoms with E-state index >= 15 is 0 Å². The molecule has 0 aromatic carbocycles. The lowest BCUT2D eigenvalue weighted by molar-refractivity contribution is -0.123. The summed E-state index contributed by atoms with van der Waals surface area (Å²) in [4.78, 5) is 27.0. The first kappa shape index (κ1) is 18.4. The predicted octanol–water partition coefficient (Wildman–Crippen LogP) is 1.90. The number of nitrogens with one attached hydrogen (secondary N) is 2. The van der Waals surface area contributed by atoms with Gasteiger partial charge in [0.25, 0.3) is 0 Å². The Morgan fingerprint density at radius 1 is 1.29 bits per heavy atom. The van der Waals surface area contributed by atoms with Crippen molar-refractivity contribution in [3.8, 4) is 6.07 Å². The van der Waals surface area contributed by atoms with E-state index in [4.69, 9.17) is 0 Å². The van der Waals surface area contributed by atoms with Gasteiger partial charge in [-0.05, 0) is 38.3 Å². The largest absolute Gasteiger partial charge is 0.355 e. The van der Waals surface area contributed by atoms with E-state index in [2.05, 4.69) is 16.7 Å². The van der Waals surface area contributed by atoms with Gasteiger partial charge in [0, 0.05) is 24.4 Å². The molecule has 1 heterocycles. The molecule has 0 aliphatic heterocycles. The van der Waals surface area contributed by atoms with Gasteiger partial charge in [0.1, 0.15) is 11.1 Å². The number of anilines is 1. The molecule has 1 aromatic heterocycles. The minimum Gasteiger partial charge on any atom is -0.355 e. The van der Waals surface area contributed by atoms with Gasteiger partial charge in [-0.3, -0.25) is 14.5 Å². The summed E-state index contributed by atoms with van der Waals surface area (Å²) in [7, 11) is 0. The van der Waals surface area contributed by atoms with E-state index in [9.17, 15) is 14.9 Å². The molecule has 0 fully saturated rings. The first-order chi connectivity index (χ1) is 11.6. The lowest BCUT2D eigenvalue weighted by Gasteiger charge is -2.19. The molecule has 0 atom stereocenters. The van der Waals surface area contributed by atoms with Crippen molar-refractivity contribution in [2.45, 2.75) is 39.5 Å². The number of fused-ring (bicyclic) bond motifs is 1. The molecule has 0 spiro atoms. The zero-order chi connectivity index (χ0) is 17.5. The van der Waals surface area contributed by atoms with Crippen LogP contribution in [0.5, 0.6) is 0 Å². The lowest BCUT2D eigenvalue weighted by Crippen LogP contribution is -2.38. The van der Waals surface area contributed by atoms with Crippen molar-refractivity contribution in [2.75, 3.05) is 31.5 Å². The third-order valence-electron chi connectivity index (χ3n) is 4.13. The molecule has 2 amide bonds. The predicted molar refractivity (Wildman–Crippen MR) is 95.1 cm³/mol. The molecule has 0 radical (unpaired) electrons. The van der Waals surface area contributed by atoms with Crippen molar-refractivity contribution < 1.29 is 9.59 Å². The molecule has 1 aliphatic rings. The molecule has 1 aliphatic carbocycles. The SMILES string of the molecule is CCNC(=O)CN(CC)CCC(=O)Nc1sc2c(c1C#N)CCC2. The van der Waals surface area contributed by atoms with E-state index in [0.717, 1.165) is 24.8 Å². The summed E-state index contributed by atoms with van der Waals surface area (Å²) in [5.41, 5.74) is 1.75. The number of hydrogen-bond acceptors (Lipinski definition) is 5. The van der Waals surface area contributed by atoms with Crippen molar-refractivity contribution in [1.82, 2.24) is 10.2 Å². The Bertz CT molecular complexity index is 648. The number of carbonyl (C=O) groups is 2. The topological polar surface area (TPSA) is 85.2 Å². The lowest BCUT2D eigenvalue weighted by atomic mass is 10.1. The van der Waals surface area contributed by atoms with Crippen LogP contribution in [0.25, 0.3) is 0 Å². The van der Waals surface area contributed by atoms with Crippen LogP contribution in [0.4, 0.5) is 5.00 Å². The van der Waals surface area contributed by atoms with Crippen molar-refractivity contribution >= 4 is 28.2 Å². The van der Waals surface area contributed by atoms with E-state index in [-0.39, 0.29) is 11.8 Å². The number of amides is 2. The van der Waals surface area contributed by atoms with Gasteiger partial charge in [0.15, 0.2) is 0 Å². The second kappa shape index (κ2) is 8.81. The van der Waals surface area contributed by atoms with Gasteiger partial charge in [0.05, 0.1) is 12.1 Å². The van der Waals surface area contributed by atoms with Crippen LogP contribution >= 0.6 is 11.3 Å². The average molecular weight is 348 g/mol. The second-order valence-corrected chi connectivity index (χ2v) is 6.90. The van der Waals surface area contributed by atoms with Gasteiger partial charge in [0.2, 0.25) is 11.8 Å². The van der Waals surface area contributed by atoms with Crippen LogP contribution in [0.2, 0.25) is 0 Å². The Morgan fingerprint density at radius 2 is 2.08 bits per heavy atom. The van der Waals surface area contributed by atoms with Crippen LogP contribution in [-0.4, -0.2) is 42.9 Å². The zero-order valence-corrected chi connectivity index (χ0v) is 15.1. The number of thiophene rings is 1. The van der Waals surface area contributed by atoms with E-state index in [0.29, 0.717) is 43.2 Å². The summed E-state index contributed by atoms with van der Waals surface area (Å²) in [6.07, 6.45) is 3.33. The molecule has 6 nitrogen and oxygen atoms in total. The van der Waals surface area contributed by atoms with Crippen molar-refractivity contribution in [2.24, 2.45) is 0 Å². The van der Waals surface area contributed by atoms with Gasteiger partial charge in [-0.15, -0.1) is 11.3 Å². The Morgan fingerprint density at radius 3 is 2.75 bits per heavy atom. The summed E-state index contributed by atoms with van der Waals surface area (Å²) < 4.78 is 0. The average Bonchev–Trinajstić information content (AvgIpc) is 3.12. The number of carbonyl (C=O) groups excluding carboxylic acids is 2. The van der Waals surface area contributed by atoms with Gasteiger partial charge >= 0.3 is 0 Å². The Kier molecular flexibility index (Phi) is 6.76. The molecule has 130 valence electrons. The zero-order valence-electron chi connectivity index (χ0n) is 14.3. The van der Waals surface area contributed by atoms with Crippen LogP contribution in [0, 0.1) is 11.3 Å². The van der Waals surface area contributed by atoms with Gasteiger partial charge in [-0.25, -0.2) is 0 Å². The fourth-order valence-electron chi connectivity index (χ4n) is 2.86. The third kappa shape index (κ3) is 4.56. The maximum atomic E-state index is 12.2. The van der Waals surface area contributed by atoms with Gasteiger partial charge in [-0.1, -0.05) is 6.92 Å².